The van der Waals surface area contributed by atoms with E-state index in [1.54, 1.807) is 42.7 Å². The summed E-state index contributed by atoms with van der Waals surface area (Å²) in [6, 6.07) is 8.66. The highest BCUT2D eigenvalue weighted by molar-refractivity contribution is 6.30. The first kappa shape index (κ1) is 13.4. The molecule has 1 heterocycles. The van der Waals surface area contributed by atoms with Gasteiger partial charge in [0, 0.05) is 23.5 Å². The Morgan fingerprint density at radius 3 is 2.68 bits per heavy atom. The van der Waals surface area contributed by atoms with Crippen LogP contribution in [0.5, 0.6) is 0 Å². The normalized spacial score (nSPS) is 10.0. The smallest absolute Gasteiger partial charge is 0.257 e. The number of carbonyl (C=O) groups excluding carboxylic acids is 1. The Kier molecular flexibility index (Phi) is 4.36. The maximum Gasteiger partial charge on any atom is 0.257 e. The average molecular weight is 276 g/mol. The Morgan fingerprint density at radius 1 is 1.26 bits per heavy atom. The van der Waals surface area contributed by atoms with Crippen LogP contribution < -0.4 is 10.6 Å². The number of anilines is 2. The van der Waals surface area contributed by atoms with Crippen LogP contribution in [0.25, 0.3) is 0 Å². The van der Waals surface area contributed by atoms with E-state index in [-0.39, 0.29) is 5.91 Å². The lowest BCUT2D eigenvalue weighted by Gasteiger charge is -2.10. The molecule has 98 valence electrons. The van der Waals surface area contributed by atoms with Gasteiger partial charge >= 0.3 is 0 Å². The number of nitrogens with zero attached hydrogens (tertiary/aromatic N) is 1. The molecular formula is C14H14ClN3O. The maximum atomic E-state index is 12.2. The van der Waals surface area contributed by atoms with E-state index in [9.17, 15) is 4.79 Å². The molecule has 0 fully saturated rings. The minimum Gasteiger partial charge on any atom is -0.383 e. The lowest BCUT2D eigenvalue weighted by atomic mass is 10.2. The van der Waals surface area contributed by atoms with Gasteiger partial charge in [-0.15, -0.1) is 0 Å². The van der Waals surface area contributed by atoms with E-state index in [1.165, 1.54) is 0 Å². The van der Waals surface area contributed by atoms with Crippen LogP contribution in [0.4, 0.5) is 11.4 Å². The third-order valence-corrected chi connectivity index (χ3v) is 2.79. The molecule has 4 nitrogen and oxygen atoms in total. The number of halogens is 1. The van der Waals surface area contributed by atoms with Crippen LogP contribution in [-0.2, 0) is 0 Å². The molecule has 2 rings (SSSR count). The fourth-order valence-electron chi connectivity index (χ4n) is 1.66. The van der Waals surface area contributed by atoms with Crippen molar-refractivity contribution in [2.75, 3.05) is 17.2 Å². The number of nitrogens with one attached hydrogen (secondary N) is 2. The minimum atomic E-state index is -0.180. The van der Waals surface area contributed by atoms with Gasteiger partial charge in [-0.25, -0.2) is 0 Å². The van der Waals surface area contributed by atoms with Crippen molar-refractivity contribution in [2.45, 2.75) is 6.92 Å². The number of pyridine rings is 1. The van der Waals surface area contributed by atoms with Gasteiger partial charge in [-0.3, -0.25) is 9.78 Å². The van der Waals surface area contributed by atoms with Crippen molar-refractivity contribution in [3.63, 3.8) is 0 Å². The first-order valence-electron chi connectivity index (χ1n) is 5.95. The molecule has 0 saturated carbocycles. The first-order valence-corrected chi connectivity index (χ1v) is 6.33. The molecule has 0 atom stereocenters. The Balaban J connectivity index is 2.18. The van der Waals surface area contributed by atoms with Gasteiger partial charge < -0.3 is 10.6 Å². The molecule has 2 N–H and O–H groups in total. The summed E-state index contributed by atoms with van der Waals surface area (Å²) in [6.45, 7) is 2.70. The summed E-state index contributed by atoms with van der Waals surface area (Å²) < 4.78 is 0. The number of hydrogen-bond acceptors (Lipinski definition) is 3. The van der Waals surface area contributed by atoms with Gasteiger partial charge in [0.25, 0.3) is 5.91 Å². The van der Waals surface area contributed by atoms with Crippen LogP contribution in [-0.4, -0.2) is 17.4 Å². The average Bonchev–Trinajstić information content (AvgIpc) is 2.42. The van der Waals surface area contributed by atoms with Crippen molar-refractivity contribution in [3.8, 4) is 0 Å². The molecule has 1 aromatic heterocycles. The summed E-state index contributed by atoms with van der Waals surface area (Å²) >= 11 is 5.80. The summed E-state index contributed by atoms with van der Waals surface area (Å²) in [5.41, 5.74) is 1.98. The third kappa shape index (κ3) is 3.45. The number of aromatic nitrogens is 1. The highest BCUT2D eigenvalue weighted by atomic mass is 35.5. The van der Waals surface area contributed by atoms with Crippen molar-refractivity contribution in [3.05, 3.63) is 53.3 Å². The van der Waals surface area contributed by atoms with Gasteiger partial charge in [-0.05, 0) is 37.3 Å². The van der Waals surface area contributed by atoms with Crippen LogP contribution in [0.3, 0.4) is 0 Å². The van der Waals surface area contributed by atoms with Gasteiger partial charge in [0.1, 0.15) is 0 Å². The van der Waals surface area contributed by atoms with Crippen molar-refractivity contribution >= 4 is 28.9 Å². The van der Waals surface area contributed by atoms with Gasteiger partial charge in [0.05, 0.1) is 17.4 Å². The van der Waals surface area contributed by atoms with Gasteiger partial charge in [0.15, 0.2) is 0 Å². The van der Waals surface area contributed by atoms with E-state index in [4.69, 9.17) is 11.6 Å². The van der Waals surface area contributed by atoms with E-state index >= 15 is 0 Å². The zero-order valence-electron chi connectivity index (χ0n) is 10.5. The summed E-state index contributed by atoms with van der Waals surface area (Å²) in [4.78, 5) is 16.2. The largest absolute Gasteiger partial charge is 0.383 e. The Hall–Kier alpha value is -2.07. The molecule has 0 aliphatic carbocycles. The number of benzene rings is 1. The van der Waals surface area contributed by atoms with E-state index in [0.29, 0.717) is 16.3 Å². The molecule has 0 aliphatic rings. The van der Waals surface area contributed by atoms with Gasteiger partial charge in [-0.1, -0.05) is 11.6 Å². The predicted molar refractivity (Wildman–Crippen MR) is 77.8 cm³/mol. The zero-order chi connectivity index (χ0) is 13.7. The van der Waals surface area contributed by atoms with E-state index in [0.717, 1.165) is 12.2 Å². The second kappa shape index (κ2) is 6.20. The van der Waals surface area contributed by atoms with Crippen LogP contribution in [0.2, 0.25) is 5.02 Å². The van der Waals surface area contributed by atoms with Crippen molar-refractivity contribution in [1.82, 2.24) is 4.98 Å². The molecule has 1 amide bonds. The number of hydrogen-bond donors (Lipinski definition) is 2. The van der Waals surface area contributed by atoms with E-state index < -0.39 is 0 Å². The Labute approximate surface area is 116 Å². The summed E-state index contributed by atoms with van der Waals surface area (Å²) in [6.07, 6.45) is 3.23. The molecule has 0 aliphatic heterocycles. The van der Waals surface area contributed by atoms with Crippen LogP contribution >= 0.6 is 11.6 Å². The van der Waals surface area contributed by atoms with Crippen LogP contribution in [0.1, 0.15) is 17.3 Å². The molecule has 0 saturated heterocycles. The van der Waals surface area contributed by atoms with E-state index in [2.05, 4.69) is 15.6 Å². The monoisotopic (exact) mass is 275 g/mol. The lowest BCUT2D eigenvalue weighted by Crippen LogP contribution is -2.15. The number of rotatable bonds is 4. The molecule has 19 heavy (non-hydrogen) atoms. The highest BCUT2D eigenvalue weighted by Gasteiger charge is 2.10. The van der Waals surface area contributed by atoms with Gasteiger partial charge in [-0.2, -0.15) is 0 Å². The van der Waals surface area contributed by atoms with Crippen LogP contribution in [0.15, 0.2) is 42.7 Å². The molecular weight excluding hydrogens is 262 g/mol. The molecule has 0 radical (unpaired) electrons. The molecule has 0 spiro atoms. The Bertz CT molecular complexity index is 569. The molecule has 2 aromatic rings. The fraction of sp³-hybridized carbons (Fsp3) is 0.143. The van der Waals surface area contributed by atoms with Gasteiger partial charge in [0.2, 0.25) is 0 Å². The molecule has 0 bridgehead atoms. The first-order chi connectivity index (χ1) is 9.20. The Morgan fingerprint density at radius 2 is 2.00 bits per heavy atom. The number of carbonyl (C=O) groups is 1. The van der Waals surface area contributed by atoms with Crippen LogP contribution in [0, 0.1) is 0 Å². The quantitative estimate of drug-likeness (QED) is 0.899. The SMILES string of the molecule is CCNc1cnccc1C(=O)Nc1ccc(Cl)cc1. The molecule has 1 aromatic carbocycles. The standard InChI is InChI=1S/C14H14ClN3O/c1-2-17-13-9-16-8-7-12(13)14(19)18-11-5-3-10(15)4-6-11/h3-9,17H,2H2,1H3,(H,18,19). The summed E-state index contributed by atoms with van der Waals surface area (Å²) in [7, 11) is 0. The minimum absolute atomic E-state index is 0.180. The molecule has 0 unspecified atom stereocenters. The topological polar surface area (TPSA) is 54.0 Å². The fourth-order valence-corrected chi connectivity index (χ4v) is 1.78. The zero-order valence-corrected chi connectivity index (χ0v) is 11.2. The number of amides is 1. The predicted octanol–water partition coefficient (Wildman–Crippen LogP) is 3.42. The lowest BCUT2D eigenvalue weighted by molar-refractivity contribution is 0.102. The van der Waals surface area contributed by atoms with Crippen molar-refractivity contribution in [2.24, 2.45) is 0 Å². The summed E-state index contributed by atoms with van der Waals surface area (Å²) in [5.74, 6) is -0.180. The maximum absolute atomic E-state index is 12.2. The third-order valence-electron chi connectivity index (χ3n) is 2.54. The van der Waals surface area contributed by atoms with Crippen molar-refractivity contribution in [1.29, 1.82) is 0 Å². The summed E-state index contributed by atoms with van der Waals surface area (Å²) in [5, 5.41) is 6.56. The second-order valence-corrected chi connectivity index (χ2v) is 4.35. The van der Waals surface area contributed by atoms with Crippen molar-refractivity contribution < 1.29 is 4.79 Å². The highest BCUT2D eigenvalue weighted by Crippen LogP contribution is 2.17. The second-order valence-electron chi connectivity index (χ2n) is 3.91. The van der Waals surface area contributed by atoms with E-state index in [1.807, 2.05) is 6.92 Å². The molecule has 5 heteroatoms.